The fourth-order valence-corrected chi connectivity index (χ4v) is 3.00. The molecule has 2 aromatic heterocycles. The summed E-state index contributed by atoms with van der Waals surface area (Å²) < 4.78 is 10.9. The van der Waals surface area contributed by atoms with E-state index in [4.69, 9.17) is 9.26 Å². The second-order valence-corrected chi connectivity index (χ2v) is 6.96. The predicted octanol–water partition coefficient (Wildman–Crippen LogP) is 3.61. The summed E-state index contributed by atoms with van der Waals surface area (Å²) in [5.74, 6) is 1.56. The number of nitrogens with zero attached hydrogens (tertiary/aromatic N) is 3. The van der Waals surface area contributed by atoms with Crippen molar-refractivity contribution in [2.45, 2.75) is 13.3 Å². The zero-order valence-electron chi connectivity index (χ0n) is 16.4. The lowest BCUT2D eigenvalue weighted by molar-refractivity contribution is -0.132. The van der Waals surface area contributed by atoms with Gasteiger partial charge >= 0.3 is 0 Å². The number of H-pyrrole nitrogens is 1. The number of ether oxygens (including phenoxy) is 1. The van der Waals surface area contributed by atoms with Crippen LogP contribution in [-0.2, 0) is 11.2 Å². The zero-order valence-corrected chi connectivity index (χ0v) is 16.4. The van der Waals surface area contributed by atoms with Crippen molar-refractivity contribution in [2.24, 2.45) is 0 Å². The maximum Gasteiger partial charge on any atom is 0.274 e. The van der Waals surface area contributed by atoms with Gasteiger partial charge < -0.3 is 19.1 Å². The van der Waals surface area contributed by atoms with Crippen molar-refractivity contribution in [1.82, 2.24) is 20.0 Å². The third-order valence-corrected chi connectivity index (χ3v) is 4.68. The molecule has 4 aromatic rings. The summed E-state index contributed by atoms with van der Waals surface area (Å²) in [7, 11) is 1.73. The number of aromatic nitrogens is 3. The Balaban J connectivity index is 1.33. The first-order valence-electron chi connectivity index (χ1n) is 9.42. The fraction of sp³-hybridized carbons (Fsp3) is 0.227. The molecule has 1 amide bonds. The first-order valence-corrected chi connectivity index (χ1v) is 9.42. The standard InChI is InChI=1S/C22H22N4O3/c1-15-8-9-18-16(12-15)13-19(23-18)22-24-20(25-29-22)10-11-26(2)21(27)14-28-17-6-4-3-5-7-17/h3-9,12-13,23H,10-11,14H2,1-2H3. The molecule has 0 bridgehead atoms. The highest BCUT2D eigenvalue weighted by Gasteiger charge is 2.14. The lowest BCUT2D eigenvalue weighted by Gasteiger charge is -2.16. The van der Waals surface area contributed by atoms with Gasteiger partial charge in [-0.2, -0.15) is 4.98 Å². The van der Waals surface area contributed by atoms with Crippen LogP contribution >= 0.6 is 0 Å². The molecule has 29 heavy (non-hydrogen) atoms. The van der Waals surface area contributed by atoms with Crippen LogP contribution in [0, 0.1) is 6.92 Å². The van der Waals surface area contributed by atoms with Crippen molar-refractivity contribution in [3.8, 4) is 17.3 Å². The zero-order chi connectivity index (χ0) is 20.2. The SMILES string of the molecule is Cc1ccc2[nH]c(-c3nc(CCN(C)C(=O)COc4ccccc4)no3)cc2c1. The number of fused-ring (bicyclic) bond motifs is 1. The van der Waals surface area contributed by atoms with Crippen LogP contribution in [0.5, 0.6) is 5.75 Å². The van der Waals surface area contributed by atoms with E-state index in [2.05, 4.69) is 34.2 Å². The van der Waals surface area contributed by atoms with Gasteiger partial charge in [0, 0.05) is 30.9 Å². The molecule has 0 aliphatic carbocycles. The molecule has 0 aliphatic rings. The minimum Gasteiger partial charge on any atom is -0.484 e. The molecular weight excluding hydrogens is 368 g/mol. The summed E-state index contributed by atoms with van der Waals surface area (Å²) in [5.41, 5.74) is 3.00. The molecule has 4 rings (SSSR count). The molecule has 2 aromatic carbocycles. The molecule has 0 atom stereocenters. The van der Waals surface area contributed by atoms with Gasteiger partial charge in [-0.15, -0.1) is 0 Å². The number of carbonyl (C=O) groups excluding carboxylic acids is 1. The van der Waals surface area contributed by atoms with E-state index in [-0.39, 0.29) is 12.5 Å². The topological polar surface area (TPSA) is 84.2 Å². The average molecular weight is 390 g/mol. The Morgan fingerprint density at radius 1 is 1.17 bits per heavy atom. The van der Waals surface area contributed by atoms with Gasteiger partial charge in [0.15, 0.2) is 12.4 Å². The highest BCUT2D eigenvalue weighted by atomic mass is 16.5. The number of nitrogens with one attached hydrogen (secondary N) is 1. The van der Waals surface area contributed by atoms with Gasteiger partial charge in [-0.05, 0) is 37.3 Å². The molecule has 1 N–H and O–H groups in total. The van der Waals surface area contributed by atoms with Crippen LogP contribution in [0.3, 0.4) is 0 Å². The molecule has 2 heterocycles. The van der Waals surface area contributed by atoms with Gasteiger partial charge in [-0.3, -0.25) is 4.79 Å². The summed E-state index contributed by atoms with van der Waals surface area (Å²) in [4.78, 5) is 21.6. The third kappa shape index (κ3) is 4.45. The van der Waals surface area contributed by atoms with E-state index in [0.29, 0.717) is 30.4 Å². The number of aromatic amines is 1. The second-order valence-electron chi connectivity index (χ2n) is 6.96. The number of aryl methyl sites for hydroxylation is 1. The Kier molecular flexibility index (Phi) is 5.29. The van der Waals surface area contributed by atoms with E-state index in [1.165, 1.54) is 5.56 Å². The van der Waals surface area contributed by atoms with Crippen LogP contribution in [0.25, 0.3) is 22.5 Å². The molecule has 0 spiro atoms. The van der Waals surface area contributed by atoms with E-state index >= 15 is 0 Å². The summed E-state index contributed by atoms with van der Waals surface area (Å²) >= 11 is 0. The lowest BCUT2D eigenvalue weighted by atomic mass is 10.2. The molecular formula is C22H22N4O3. The van der Waals surface area contributed by atoms with Crippen molar-refractivity contribution in [3.05, 3.63) is 66.0 Å². The van der Waals surface area contributed by atoms with Gasteiger partial charge in [0.2, 0.25) is 0 Å². The maximum atomic E-state index is 12.2. The van der Waals surface area contributed by atoms with E-state index in [1.807, 2.05) is 42.5 Å². The first-order chi connectivity index (χ1) is 14.1. The molecule has 0 fully saturated rings. The molecule has 0 aliphatic heterocycles. The molecule has 7 heteroatoms. The van der Waals surface area contributed by atoms with Crippen LogP contribution in [0.4, 0.5) is 0 Å². The van der Waals surface area contributed by atoms with Crippen LogP contribution < -0.4 is 4.74 Å². The van der Waals surface area contributed by atoms with E-state index in [9.17, 15) is 4.79 Å². The van der Waals surface area contributed by atoms with Crippen LogP contribution in [0.1, 0.15) is 11.4 Å². The second kappa shape index (κ2) is 8.18. The quantitative estimate of drug-likeness (QED) is 0.521. The Hall–Kier alpha value is -3.61. The smallest absolute Gasteiger partial charge is 0.274 e. The Bertz CT molecular complexity index is 1120. The average Bonchev–Trinajstić information content (AvgIpc) is 3.37. The number of benzene rings is 2. The van der Waals surface area contributed by atoms with Crippen molar-refractivity contribution in [2.75, 3.05) is 20.2 Å². The number of para-hydroxylation sites is 1. The highest BCUT2D eigenvalue weighted by Crippen LogP contribution is 2.23. The predicted molar refractivity (Wildman–Crippen MR) is 110 cm³/mol. The van der Waals surface area contributed by atoms with Gasteiger partial charge in [-0.25, -0.2) is 0 Å². The molecule has 0 unspecified atom stereocenters. The van der Waals surface area contributed by atoms with Crippen molar-refractivity contribution in [1.29, 1.82) is 0 Å². The number of amides is 1. The molecule has 0 radical (unpaired) electrons. The lowest BCUT2D eigenvalue weighted by Crippen LogP contribution is -2.33. The van der Waals surface area contributed by atoms with Gasteiger partial charge in [0.25, 0.3) is 11.8 Å². The number of carbonyl (C=O) groups is 1. The molecule has 7 nitrogen and oxygen atoms in total. The molecule has 0 saturated heterocycles. The fourth-order valence-electron chi connectivity index (χ4n) is 3.00. The van der Waals surface area contributed by atoms with Gasteiger partial charge in [-0.1, -0.05) is 35.0 Å². The minimum absolute atomic E-state index is 0.00745. The van der Waals surface area contributed by atoms with Crippen molar-refractivity contribution < 1.29 is 14.1 Å². The Labute approximate surface area is 168 Å². The minimum atomic E-state index is -0.108. The Morgan fingerprint density at radius 3 is 2.83 bits per heavy atom. The summed E-state index contributed by atoms with van der Waals surface area (Å²) in [5, 5.41) is 5.13. The highest BCUT2D eigenvalue weighted by molar-refractivity contribution is 5.85. The van der Waals surface area contributed by atoms with Crippen LogP contribution in [0.15, 0.2) is 59.1 Å². The van der Waals surface area contributed by atoms with Gasteiger partial charge in [0.05, 0.1) is 0 Å². The number of likely N-dealkylation sites (N-methyl/N-ethyl adjacent to an activating group) is 1. The van der Waals surface area contributed by atoms with Crippen molar-refractivity contribution >= 4 is 16.8 Å². The van der Waals surface area contributed by atoms with Crippen LogP contribution in [-0.4, -0.2) is 46.1 Å². The van der Waals surface area contributed by atoms with Crippen molar-refractivity contribution in [3.63, 3.8) is 0 Å². The van der Waals surface area contributed by atoms with Crippen LogP contribution in [0.2, 0.25) is 0 Å². The molecule has 0 saturated carbocycles. The third-order valence-electron chi connectivity index (χ3n) is 4.68. The molecule has 148 valence electrons. The normalized spacial score (nSPS) is 11.0. The van der Waals surface area contributed by atoms with E-state index < -0.39 is 0 Å². The van der Waals surface area contributed by atoms with Gasteiger partial charge in [0.1, 0.15) is 11.4 Å². The summed E-state index contributed by atoms with van der Waals surface area (Å²) in [6, 6.07) is 17.5. The Morgan fingerprint density at radius 2 is 2.00 bits per heavy atom. The maximum absolute atomic E-state index is 12.2. The first kappa shape index (κ1) is 18.7. The number of hydrogen-bond donors (Lipinski definition) is 1. The van der Waals surface area contributed by atoms with E-state index in [0.717, 1.165) is 16.6 Å². The summed E-state index contributed by atoms with van der Waals surface area (Å²) in [6.45, 7) is 2.52. The largest absolute Gasteiger partial charge is 0.484 e. The number of rotatable bonds is 7. The monoisotopic (exact) mass is 390 g/mol. The van der Waals surface area contributed by atoms with E-state index in [1.54, 1.807) is 11.9 Å². The number of hydrogen-bond acceptors (Lipinski definition) is 5. The summed E-state index contributed by atoms with van der Waals surface area (Å²) in [6.07, 6.45) is 0.496.